The molecule has 0 aromatic heterocycles. The second-order valence-electron chi connectivity index (χ2n) is 1.98. The number of halogens is 2. The molecule has 1 aromatic rings. The van der Waals surface area contributed by atoms with Crippen molar-refractivity contribution in [1.29, 1.82) is 0 Å². The highest BCUT2D eigenvalue weighted by Gasteiger charge is 2.01. The molecule has 2 N–H and O–H groups in total. The zero-order valence-electron chi connectivity index (χ0n) is 5.75. The molecule has 0 fully saturated rings. The van der Waals surface area contributed by atoms with Gasteiger partial charge in [0.2, 0.25) is 0 Å². The van der Waals surface area contributed by atoms with Crippen molar-refractivity contribution in [3.05, 3.63) is 27.7 Å². The van der Waals surface area contributed by atoms with E-state index in [2.05, 4.69) is 20.7 Å². The second kappa shape index (κ2) is 4.23. The van der Waals surface area contributed by atoms with Gasteiger partial charge < -0.3 is 0 Å². The maximum absolute atomic E-state index is 10.3. The van der Waals surface area contributed by atoms with Gasteiger partial charge >= 0.3 is 0 Å². The molecule has 0 bridgehead atoms. The molecule has 0 saturated carbocycles. The van der Waals surface area contributed by atoms with Crippen LogP contribution in [0.15, 0.2) is 22.7 Å². The Morgan fingerprint density at radius 1 is 1.58 bits per heavy atom. The number of nitrogens with one attached hydrogen (secondary N) is 1. The topological polar surface area (TPSA) is 49.3 Å². The van der Waals surface area contributed by atoms with E-state index in [1.165, 1.54) is 0 Å². The monoisotopic (exact) mass is 269 g/mol. The third-order valence-corrected chi connectivity index (χ3v) is 2.33. The number of hydrogen-bond donors (Lipinski definition) is 2. The lowest BCUT2D eigenvalue weighted by Crippen LogP contribution is -2.01. The SMILES string of the molecule is O=S(O)Nc1ccc(Br)cc1Cl. The molecule has 0 aliphatic rings. The highest BCUT2D eigenvalue weighted by Crippen LogP contribution is 2.25. The molecule has 12 heavy (non-hydrogen) atoms. The van der Waals surface area contributed by atoms with Crippen molar-refractivity contribution in [2.24, 2.45) is 0 Å². The van der Waals surface area contributed by atoms with Gasteiger partial charge in [-0.25, -0.2) is 4.21 Å². The third-order valence-electron chi connectivity index (χ3n) is 1.13. The van der Waals surface area contributed by atoms with Crippen molar-refractivity contribution in [3.8, 4) is 0 Å². The van der Waals surface area contributed by atoms with E-state index >= 15 is 0 Å². The summed E-state index contributed by atoms with van der Waals surface area (Å²) in [7, 11) is 0. The summed E-state index contributed by atoms with van der Waals surface area (Å²) >= 11 is 6.86. The number of hydrogen-bond acceptors (Lipinski definition) is 1. The summed E-state index contributed by atoms with van der Waals surface area (Å²) in [4.78, 5) is 0. The Morgan fingerprint density at radius 3 is 2.75 bits per heavy atom. The summed E-state index contributed by atoms with van der Waals surface area (Å²) in [5.41, 5.74) is 0.431. The number of anilines is 1. The van der Waals surface area contributed by atoms with E-state index in [9.17, 15) is 4.21 Å². The molecule has 0 amide bonds. The fourth-order valence-corrected chi connectivity index (χ4v) is 1.81. The lowest BCUT2D eigenvalue weighted by atomic mass is 10.3. The van der Waals surface area contributed by atoms with Crippen LogP contribution in [0.5, 0.6) is 0 Å². The summed E-state index contributed by atoms with van der Waals surface area (Å²) in [6, 6.07) is 4.97. The molecule has 1 rings (SSSR count). The lowest BCUT2D eigenvalue weighted by Gasteiger charge is -2.03. The van der Waals surface area contributed by atoms with Crippen molar-refractivity contribution in [2.75, 3.05) is 4.72 Å². The molecule has 6 heteroatoms. The number of rotatable bonds is 2. The Bertz CT molecular complexity index is 320. The van der Waals surface area contributed by atoms with Crippen LogP contribution in [-0.4, -0.2) is 8.76 Å². The van der Waals surface area contributed by atoms with Crippen molar-refractivity contribution in [1.82, 2.24) is 0 Å². The van der Waals surface area contributed by atoms with Crippen LogP contribution in [0.4, 0.5) is 5.69 Å². The maximum Gasteiger partial charge on any atom is 0.259 e. The van der Waals surface area contributed by atoms with Crippen LogP contribution in [0.25, 0.3) is 0 Å². The van der Waals surface area contributed by atoms with Gasteiger partial charge in [-0.2, -0.15) is 0 Å². The standard InChI is InChI=1S/C6H5BrClNO2S/c7-4-1-2-6(5(8)3-4)9-12(10)11/h1-3,9H,(H,10,11). The Hall–Kier alpha value is -0.100. The molecule has 66 valence electrons. The van der Waals surface area contributed by atoms with Crippen LogP contribution in [0.1, 0.15) is 0 Å². The molecular formula is C6H5BrClNO2S. The van der Waals surface area contributed by atoms with Gasteiger partial charge in [0.25, 0.3) is 11.3 Å². The lowest BCUT2D eigenvalue weighted by molar-refractivity contribution is 0.570. The van der Waals surface area contributed by atoms with E-state index in [-0.39, 0.29) is 0 Å². The summed E-state index contributed by atoms with van der Waals surface area (Å²) in [6.07, 6.45) is 0. The third kappa shape index (κ3) is 2.75. The van der Waals surface area contributed by atoms with Gasteiger partial charge in [-0.15, -0.1) is 0 Å². The molecule has 0 heterocycles. The first kappa shape index (κ1) is 9.98. The van der Waals surface area contributed by atoms with E-state index in [4.69, 9.17) is 16.2 Å². The smallest absolute Gasteiger partial charge is 0.259 e. The number of benzene rings is 1. The minimum Gasteiger partial charge on any atom is -0.289 e. The largest absolute Gasteiger partial charge is 0.289 e. The first-order chi connectivity index (χ1) is 5.59. The molecule has 0 spiro atoms. The predicted molar refractivity (Wildman–Crippen MR) is 53.5 cm³/mol. The summed E-state index contributed by atoms with van der Waals surface area (Å²) in [5, 5.41) is 0.395. The van der Waals surface area contributed by atoms with Crippen LogP contribution in [0.2, 0.25) is 5.02 Å². The fraction of sp³-hybridized carbons (Fsp3) is 0. The molecule has 1 aromatic carbocycles. The van der Waals surface area contributed by atoms with Gasteiger partial charge in [0, 0.05) is 4.47 Å². The van der Waals surface area contributed by atoms with E-state index in [0.717, 1.165) is 4.47 Å². The molecular weight excluding hydrogens is 265 g/mol. The molecule has 0 aliphatic carbocycles. The zero-order valence-corrected chi connectivity index (χ0v) is 8.91. The van der Waals surface area contributed by atoms with E-state index in [0.29, 0.717) is 10.7 Å². The summed E-state index contributed by atoms with van der Waals surface area (Å²) in [5.74, 6) is 0. The molecule has 0 aliphatic heterocycles. The molecule has 0 saturated heterocycles. The Kier molecular flexibility index (Phi) is 3.52. The normalized spacial score (nSPS) is 12.6. The highest BCUT2D eigenvalue weighted by atomic mass is 79.9. The summed E-state index contributed by atoms with van der Waals surface area (Å²) < 4.78 is 21.9. The van der Waals surface area contributed by atoms with Crippen molar-refractivity contribution >= 4 is 44.5 Å². The summed E-state index contributed by atoms with van der Waals surface area (Å²) in [6.45, 7) is 0. The van der Waals surface area contributed by atoms with Gasteiger partial charge in [-0.1, -0.05) is 27.5 Å². The van der Waals surface area contributed by atoms with E-state index in [1.807, 2.05) is 0 Å². The Morgan fingerprint density at radius 2 is 2.25 bits per heavy atom. The first-order valence-corrected chi connectivity index (χ1v) is 5.20. The van der Waals surface area contributed by atoms with E-state index < -0.39 is 11.3 Å². The van der Waals surface area contributed by atoms with Gasteiger partial charge in [0.05, 0.1) is 10.7 Å². The minimum atomic E-state index is -2.08. The van der Waals surface area contributed by atoms with Crippen LogP contribution < -0.4 is 4.72 Å². The van der Waals surface area contributed by atoms with Crippen LogP contribution >= 0.6 is 27.5 Å². The zero-order chi connectivity index (χ0) is 9.14. The van der Waals surface area contributed by atoms with Crippen LogP contribution in [0, 0.1) is 0 Å². The van der Waals surface area contributed by atoms with Crippen LogP contribution in [-0.2, 0) is 11.3 Å². The molecule has 1 unspecified atom stereocenters. The average Bonchev–Trinajstić information content (AvgIpc) is 1.94. The second-order valence-corrected chi connectivity index (χ2v) is 4.00. The first-order valence-electron chi connectivity index (χ1n) is 2.92. The predicted octanol–water partition coefficient (Wildman–Crippen LogP) is 2.65. The minimum absolute atomic E-state index is 0.395. The quantitative estimate of drug-likeness (QED) is 0.812. The van der Waals surface area contributed by atoms with Crippen molar-refractivity contribution < 1.29 is 8.76 Å². The van der Waals surface area contributed by atoms with Gasteiger partial charge in [0.1, 0.15) is 0 Å². The van der Waals surface area contributed by atoms with Gasteiger partial charge in [-0.05, 0) is 18.2 Å². The van der Waals surface area contributed by atoms with Crippen molar-refractivity contribution in [2.45, 2.75) is 0 Å². The average molecular weight is 271 g/mol. The molecule has 0 radical (unpaired) electrons. The molecule has 3 nitrogen and oxygen atoms in total. The van der Waals surface area contributed by atoms with Crippen molar-refractivity contribution in [3.63, 3.8) is 0 Å². The maximum atomic E-state index is 10.3. The fourth-order valence-electron chi connectivity index (χ4n) is 0.666. The van der Waals surface area contributed by atoms with Gasteiger partial charge in [0.15, 0.2) is 0 Å². The molecule has 1 atom stereocenters. The van der Waals surface area contributed by atoms with Gasteiger partial charge in [-0.3, -0.25) is 9.27 Å². The Labute approximate surface area is 85.7 Å². The van der Waals surface area contributed by atoms with Crippen LogP contribution in [0.3, 0.4) is 0 Å². The highest BCUT2D eigenvalue weighted by molar-refractivity contribution is 9.10. The Balaban J connectivity index is 2.93. The van der Waals surface area contributed by atoms with E-state index in [1.54, 1.807) is 18.2 Å².